The minimum absolute atomic E-state index is 0.122. The van der Waals surface area contributed by atoms with E-state index < -0.39 is 5.97 Å². The average Bonchev–Trinajstić information content (AvgIpc) is 2.70. The van der Waals surface area contributed by atoms with Crippen LogP contribution in [-0.2, 0) is 4.74 Å². The van der Waals surface area contributed by atoms with Gasteiger partial charge in [-0.25, -0.2) is 4.79 Å². The summed E-state index contributed by atoms with van der Waals surface area (Å²) in [5, 5.41) is 0. The first-order valence-corrected chi connectivity index (χ1v) is 4.80. The van der Waals surface area contributed by atoms with Crippen LogP contribution < -0.4 is 0 Å². The molecule has 0 aliphatic heterocycles. The topological polar surface area (TPSA) is 76.2 Å². The number of ether oxygens (including phenoxy) is 1. The molecule has 1 heterocycles. The number of ketones is 2. The van der Waals surface area contributed by atoms with Gasteiger partial charge in [-0.05, 0) is 25.1 Å². The SMILES string of the molecule is CCOC(=O)c1cc2c([nH]1)C(=O)C=CC2=O. The molecule has 1 aliphatic carbocycles. The maximum atomic E-state index is 11.4. The molecule has 1 aromatic rings. The van der Waals surface area contributed by atoms with Gasteiger partial charge >= 0.3 is 5.97 Å². The standard InChI is InChI=1S/C11H9NO4/c1-2-16-11(15)7-5-6-8(13)3-4-9(14)10(6)12-7/h3-5,12H,2H2,1H3. The number of carbonyl (C=O) groups excluding carboxylic acids is 3. The number of rotatable bonds is 2. The summed E-state index contributed by atoms with van der Waals surface area (Å²) in [6.45, 7) is 1.92. The molecule has 82 valence electrons. The zero-order chi connectivity index (χ0) is 11.7. The Morgan fingerprint density at radius 3 is 2.62 bits per heavy atom. The number of hydrogen-bond acceptors (Lipinski definition) is 4. The van der Waals surface area contributed by atoms with Crippen molar-refractivity contribution in [1.82, 2.24) is 4.98 Å². The second kappa shape index (κ2) is 3.77. The monoisotopic (exact) mass is 219 g/mol. The third-order valence-corrected chi connectivity index (χ3v) is 2.21. The molecule has 0 aromatic carbocycles. The predicted octanol–water partition coefficient (Wildman–Crippen LogP) is 1.13. The molecule has 5 heteroatoms. The third kappa shape index (κ3) is 1.56. The van der Waals surface area contributed by atoms with Crippen molar-refractivity contribution in [2.45, 2.75) is 6.92 Å². The van der Waals surface area contributed by atoms with Crippen LogP contribution in [0.4, 0.5) is 0 Å². The molecule has 5 nitrogen and oxygen atoms in total. The molecule has 0 bridgehead atoms. The van der Waals surface area contributed by atoms with E-state index in [-0.39, 0.29) is 35.1 Å². The van der Waals surface area contributed by atoms with Gasteiger partial charge in [0, 0.05) is 0 Å². The summed E-state index contributed by atoms with van der Waals surface area (Å²) in [5.74, 6) is -1.18. The highest BCUT2D eigenvalue weighted by molar-refractivity contribution is 6.22. The van der Waals surface area contributed by atoms with E-state index >= 15 is 0 Å². The zero-order valence-electron chi connectivity index (χ0n) is 8.57. The van der Waals surface area contributed by atoms with Crippen LogP contribution in [0.3, 0.4) is 0 Å². The van der Waals surface area contributed by atoms with Gasteiger partial charge in [-0.1, -0.05) is 0 Å². The molecule has 1 N–H and O–H groups in total. The molecule has 0 saturated heterocycles. The van der Waals surface area contributed by atoms with Crippen LogP contribution >= 0.6 is 0 Å². The first-order valence-electron chi connectivity index (χ1n) is 4.80. The number of esters is 1. The normalized spacial score (nSPS) is 13.8. The summed E-state index contributed by atoms with van der Waals surface area (Å²) in [6, 6.07) is 1.34. The number of nitrogens with one attached hydrogen (secondary N) is 1. The fourth-order valence-electron chi connectivity index (χ4n) is 1.49. The van der Waals surface area contributed by atoms with Crippen molar-refractivity contribution in [3.05, 3.63) is 35.2 Å². The lowest BCUT2D eigenvalue weighted by atomic mass is 10.0. The van der Waals surface area contributed by atoms with Crippen LogP contribution in [0.5, 0.6) is 0 Å². The molecular weight excluding hydrogens is 210 g/mol. The van der Waals surface area contributed by atoms with Gasteiger partial charge in [0.25, 0.3) is 0 Å². The smallest absolute Gasteiger partial charge is 0.354 e. The van der Waals surface area contributed by atoms with E-state index in [9.17, 15) is 14.4 Å². The van der Waals surface area contributed by atoms with E-state index in [4.69, 9.17) is 4.74 Å². The molecule has 0 spiro atoms. The number of aromatic amines is 1. The van der Waals surface area contributed by atoms with Crippen molar-refractivity contribution in [2.24, 2.45) is 0 Å². The summed E-state index contributed by atoms with van der Waals surface area (Å²) in [6.07, 6.45) is 2.36. The van der Waals surface area contributed by atoms with Crippen molar-refractivity contribution in [2.75, 3.05) is 6.61 Å². The van der Waals surface area contributed by atoms with Crippen LogP contribution in [0.25, 0.3) is 0 Å². The van der Waals surface area contributed by atoms with Crippen molar-refractivity contribution >= 4 is 17.5 Å². The van der Waals surface area contributed by atoms with Crippen molar-refractivity contribution in [1.29, 1.82) is 0 Å². The molecule has 0 saturated carbocycles. The maximum absolute atomic E-state index is 11.4. The number of aromatic nitrogens is 1. The minimum Gasteiger partial charge on any atom is -0.461 e. The first kappa shape index (κ1) is 10.4. The predicted molar refractivity (Wildman–Crippen MR) is 54.6 cm³/mol. The number of carbonyl (C=O) groups is 3. The molecule has 1 aliphatic rings. The summed E-state index contributed by atoms with van der Waals surface area (Å²) in [4.78, 5) is 36.8. The van der Waals surface area contributed by atoms with Gasteiger partial charge < -0.3 is 9.72 Å². The van der Waals surface area contributed by atoms with E-state index in [0.717, 1.165) is 0 Å². The Labute approximate surface area is 91.1 Å². The van der Waals surface area contributed by atoms with Crippen LogP contribution in [0.15, 0.2) is 18.2 Å². The summed E-state index contributed by atoms with van der Waals surface area (Å²) in [5.41, 5.74) is 0.489. The van der Waals surface area contributed by atoms with Crippen LogP contribution in [-0.4, -0.2) is 29.1 Å². The quantitative estimate of drug-likeness (QED) is 0.756. The van der Waals surface area contributed by atoms with E-state index in [1.165, 1.54) is 18.2 Å². The molecule has 0 amide bonds. The van der Waals surface area contributed by atoms with Gasteiger partial charge in [-0.3, -0.25) is 9.59 Å². The van der Waals surface area contributed by atoms with E-state index in [1.54, 1.807) is 6.92 Å². The number of hydrogen-bond donors (Lipinski definition) is 1. The molecule has 0 unspecified atom stereocenters. The van der Waals surface area contributed by atoms with E-state index in [0.29, 0.717) is 0 Å². The van der Waals surface area contributed by atoms with Crippen LogP contribution in [0.2, 0.25) is 0 Å². The first-order chi connectivity index (χ1) is 7.63. The van der Waals surface area contributed by atoms with Gasteiger partial charge in [0.15, 0.2) is 5.78 Å². The van der Waals surface area contributed by atoms with Gasteiger partial charge in [0.1, 0.15) is 5.69 Å². The molecule has 0 atom stereocenters. The largest absolute Gasteiger partial charge is 0.461 e. The molecule has 0 fully saturated rings. The summed E-state index contributed by atoms with van der Waals surface area (Å²) < 4.78 is 4.76. The highest BCUT2D eigenvalue weighted by Crippen LogP contribution is 2.18. The molecule has 1 aromatic heterocycles. The van der Waals surface area contributed by atoms with Crippen molar-refractivity contribution in [3.8, 4) is 0 Å². The Hall–Kier alpha value is -2.17. The Balaban J connectivity index is 2.41. The van der Waals surface area contributed by atoms with Crippen molar-refractivity contribution in [3.63, 3.8) is 0 Å². The average molecular weight is 219 g/mol. The second-order valence-electron chi connectivity index (χ2n) is 3.25. The van der Waals surface area contributed by atoms with Gasteiger partial charge in [0.05, 0.1) is 17.9 Å². The Bertz CT molecular complexity index is 475. The Morgan fingerprint density at radius 2 is 2.00 bits per heavy atom. The highest BCUT2D eigenvalue weighted by Gasteiger charge is 2.24. The lowest BCUT2D eigenvalue weighted by Crippen LogP contribution is -2.09. The Morgan fingerprint density at radius 1 is 1.31 bits per heavy atom. The fraction of sp³-hybridized carbons (Fsp3) is 0.182. The van der Waals surface area contributed by atoms with Crippen LogP contribution in [0, 0.1) is 0 Å². The van der Waals surface area contributed by atoms with E-state index in [1.807, 2.05) is 0 Å². The number of fused-ring (bicyclic) bond motifs is 1. The maximum Gasteiger partial charge on any atom is 0.354 e. The van der Waals surface area contributed by atoms with E-state index in [2.05, 4.69) is 4.98 Å². The Kier molecular flexibility index (Phi) is 2.44. The van der Waals surface area contributed by atoms with Gasteiger partial charge in [-0.15, -0.1) is 0 Å². The minimum atomic E-state index is -0.572. The molecule has 0 radical (unpaired) electrons. The summed E-state index contributed by atoms with van der Waals surface area (Å²) >= 11 is 0. The molecule has 2 rings (SSSR count). The van der Waals surface area contributed by atoms with Crippen molar-refractivity contribution < 1.29 is 19.1 Å². The third-order valence-electron chi connectivity index (χ3n) is 2.21. The number of H-pyrrole nitrogens is 1. The molecule has 16 heavy (non-hydrogen) atoms. The zero-order valence-corrected chi connectivity index (χ0v) is 8.57. The van der Waals surface area contributed by atoms with Gasteiger partial charge in [-0.2, -0.15) is 0 Å². The van der Waals surface area contributed by atoms with Crippen LogP contribution in [0.1, 0.15) is 38.3 Å². The fourth-order valence-corrected chi connectivity index (χ4v) is 1.49. The summed E-state index contributed by atoms with van der Waals surface area (Å²) in [7, 11) is 0. The lowest BCUT2D eigenvalue weighted by Gasteiger charge is -2.00. The highest BCUT2D eigenvalue weighted by atomic mass is 16.5. The second-order valence-corrected chi connectivity index (χ2v) is 3.25. The van der Waals surface area contributed by atoms with Gasteiger partial charge in [0.2, 0.25) is 5.78 Å². The lowest BCUT2D eigenvalue weighted by molar-refractivity contribution is 0.0520. The molecular formula is C11H9NO4. The number of allylic oxidation sites excluding steroid dienone is 2.